The van der Waals surface area contributed by atoms with E-state index in [1.165, 1.54) is 0 Å². The average Bonchev–Trinajstić information content (AvgIpc) is 2.50. The normalized spacial score (nSPS) is 26.9. The zero-order chi connectivity index (χ0) is 10.6. The van der Waals surface area contributed by atoms with E-state index in [1.54, 1.807) is 0 Å². The van der Waals surface area contributed by atoms with Gasteiger partial charge >= 0.3 is 0 Å². The van der Waals surface area contributed by atoms with E-state index in [2.05, 4.69) is 5.32 Å². The molecule has 2 atom stereocenters. The van der Waals surface area contributed by atoms with Gasteiger partial charge in [-0.1, -0.05) is 0 Å². The molecule has 0 radical (unpaired) electrons. The van der Waals surface area contributed by atoms with Gasteiger partial charge in [-0.05, 0) is 45.8 Å². The molecule has 2 unspecified atom stereocenters. The van der Waals surface area contributed by atoms with Crippen LogP contribution in [-0.4, -0.2) is 44.0 Å². The minimum absolute atomic E-state index is 0.123. The molecule has 0 bridgehead atoms. The van der Waals surface area contributed by atoms with Gasteiger partial charge in [0, 0.05) is 6.04 Å². The number of nitrogens with one attached hydrogen (secondary N) is 1. The van der Waals surface area contributed by atoms with Gasteiger partial charge in [-0.15, -0.1) is 0 Å². The number of amides is 1. The summed E-state index contributed by atoms with van der Waals surface area (Å²) in [5, 5.41) is 3.04. The number of carbonyl (C=O) groups is 1. The van der Waals surface area contributed by atoms with Gasteiger partial charge in [0.15, 0.2) is 0 Å². The van der Waals surface area contributed by atoms with Crippen molar-refractivity contribution in [1.82, 2.24) is 10.2 Å². The highest BCUT2D eigenvalue weighted by Gasteiger charge is 2.24. The second-order valence-corrected chi connectivity index (χ2v) is 4.42. The van der Waals surface area contributed by atoms with Crippen LogP contribution >= 0.6 is 0 Å². The fourth-order valence-corrected chi connectivity index (χ4v) is 1.98. The van der Waals surface area contributed by atoms with Crippen LogP contribution in [0, 0.1) is 5.92 Å². The lowest BCUT2D eigenvalue weighted by atomic mass is 10.1. The van der Waals surface area contributed by atoms with Crippen LogP contribution in [0.15, 0.2) is 0 Å². The van der Waals surface area contributed by atoms with Gasteiger partial charge < -0.3 is 16.0 Å². The summed E-state index contributed by atoms with van der Waals surface area (Å²) in [4.78, 5) is 13.3. The first-order valence-corrected chi connectivity index (χ1v) is 5.26. The van der Waals surface area contributed by atoms with Gasteiger partial charge in [0.25, 0.3) is 0 Å². The summed E-state index contributed by atoms with van der Waals surface area (Å²) in [5.74, 6) is 0.734. The molecule has 1 rings (SSSR count). The maximum Gasteiger partial charge on any atom is 0.234 e. The highest BCUT2D eigenvalue weighted by Crippen LogP contribution is 2.24. The summed E-state index contributed by atoms with van der Waals surface area (Å²) in [6, 6.07) is 0.357. The van der Waals surface area contributed by atoms with E-state index in [0.717, 1.165) is 25.8 Å². The van der Waals surface area contributed by atoms with Crippen molar-refractivity contribution in [2.75, 3.05) is 27.2 Å². The molecule has 0 aromatic carbocycles. The van der Waals surface area contributed by atoms with Crippen molar-refractivity contribution in [3.8, 4) is 0 Å². The molecule has 1 aliphatic rings. The van der Waals surface area contributed by atoms with E-state index in [1.807, 2.05) is 19.0 Å². The Morgan fingerprint density at radius 1 is 1.50 bits per heavy atom. The lowest BCUT2D eigenvalue weighted by Gasteiger charge is -2.15. The predicted molar refractivity (Wildman–Crippen MR) is 56.9 cm³/mol. The maximum absolute atomic E-state index is 11.4. The van der Waals surface area contributed by atoms with Crippen LogP contribution in [0.25, 0.3) is 0 Å². The fraction of sp³-hybridized carbons (Fsp3) is 0.900. The second-order valence-electron chi connectivity index (χ2n) is 4.42. The average molecular weight is 199 g/mol. The molecule has 14 heavy (non-hydrogen) atoms. The van der Waals surface area contributed by atoms with Crippen molar-refractivity contribution in [3.05, 3.63) is 0 Å². The summed E-state index contributed by atoms with van der Waals surface area (Å²) in [7, 11) is 3.80. The summed E-state index contributed by atoms with van der Waals surface area (Å²) in [6.07, 6.45) is 3.29. The van der Waals surface area contributed by atoms with E-state index in [-0.39, 0.29) is 5.91 Å². The smallest absolute Gasteiger partial charge is 0.234 e. The molecule has 0 saturated heterocycles. The van der Waals surface area contributed by atoms with Crippen LogP contribution < -0.4 is 11.1 Å². The molecular formula is C10H21N3O. The van der Waals surface area contributed by atoms with Crippen LogP contribution in [0.1, 0.15) is 19.3 Å². The van der Waals surface area contributed by atoms with Crippen LogP contribution in [0.3, 0.4) is 0 Å². The van der Waals surface area contributed by atoms with Crippen LogP contribution in [-0.2, 0) is 4.79 Å². The van der Waals surface area contributed by atoms with Crippen molar-refractivity contribution >= 4 is 5.91 Å². The monoisotopic (exact) mass is 199 g/mol. The number of nitrogens with zero attached hydrogens (tertiary/aromatic N) is 1. The van der Waals surface area contributed by atoms with Crippen molar-refractivity contribution in [3.63, 3.8) is 0 Å². The van der Waals surface area contributed by atoms with E-state index < -0.39 is 0 Å². The fourth-order valence-electron chi connectivity index (χ4n) is 1.98. The molecule has 0 aliphatic heterocycles. The lowest BCUT2D eigenvalue weighted by Crippen LogP contribution is -2.39. The van der Waals surface area contributed by atoms with E-state index in [9.17, 15) is 4.79 Å². The molecule has 1 saturated carbocycles. The Labute approximate surface area is 85.8 Å². The first-order chi connectivity index (χ1) is 6.61. The Kier molecular flexibility index (Phi) is 4.35. The molecule has 0 spiro atoms. The molecule has 1 aliphatic carbocycles. The number of nitrogens with two attached hydrogens (primary N) is 1. The van der Waals surface area contributed by atoms with Gasteiger partial charge in [-0.25, -0.2) is 0 Å². The molecule has 1 amide bonds. The maximum atomic E-state index is 11.4. The van der Waals surface area contributed by atoms with E-state index in [0.29, 0.717) is 18.5 Å². The van der Waals surface area contributed by atoms with Crippen molar-refractivity contribution in [2.45, 2.75) is 25.3 Å². The summed E-state index contributed by atoms with van der Waals surface area (Å²) < 4.78 is 0. The van der Waals surface area contributed by atoms with Crippen molar-refractivity contribution in [2.24, 2.45) is 11.7 Å². The molecule has 1 fully saturated rings. The highest BCUT2D eigenvalue weighted by molar-refractivity contribution is 5.78. The largest absolute Gasteiger partial charge is 0.352 e. The van der Waals surface area contributed by atoms with Gasteiger partial charge in [-0.3, -0.25) is 4.79 Å². The quantitative estimate of drug-likeness (QED) is 0.659. The minimum atomic E-state index is 0.123. The molecular weight excluding hydrogens is 178 g/mol. The molecule has 3 N–H and O–H groups in total. The van der Waals surface area contributed by atoms with E-state index in [4.69, 9.17) is 5.73 Å². The molecule has 4 nitrogen and oxygen atoms in total. The van der Waals surface area contributed by atoms with Crippen LogP contribution in [0.4, 0.5) is 0 Å². The van der Waals surface area contributed by atoms with Gasteiger partial charge in [0.1, 0.15) is 0 Å². The Hall–Kier alpha value is -0.610. The zero-order valence-electron chi connectivity index (χ0n) is 9.12. The van der Waals surface area contributed by atoms with Gasteiger partial charge in [0.05, 0.1) is 6.54 Å². The first kappa shape index (κ1) is 11.5. The zero-order valence-corrected chi connectivity index (χ0v) is 9.12. The molecule has 4 heteroatoms. The number of carbonyl (C=O) groups excluding carboxylic acids is 1. The number of rotatable bonds is 4. The SMILES string of the molecule is CN(C)CC(=O)NC1CCC(CN)C1. The van der Waals surface area contributed by atoms with Gasteiger partial charge in [-0.2, -0.15) is 0 Å². The Bertz CT molecular complexity index is 194. The standard InChI is InChI=1S/C10H21N3O/c1-13(2)7-10(14)12-9-4-3-8(5-9)6-11/h8-9H,3-7,11H2,1-2H3,(H,12,14). The van der Waals surface area contributed by atoms with Gasteiger partial charge in [0.2, 0.25) is 5.91 Å². The second kappa shape index (κ2) is 5.32. The minimum Gasteiger partial charge on any atom is -0.352 e. The summed E-state index contributed by atoms with van der Waals surface area (Å²) in [5.41, 5.74) is 5.59. The molecule has 0 aromatic rings. The number of likely N-dealkylation sites (N-methyl/N-ethyl adjacent to an activating group) is 1. The topological polar surface area (TPSA) is 58.4 Å². The third kappa shape index (κ3) is 3.64. The third-order valence-electron chi connectivity index (χ3n) is 2.70. The molecule has 82 valence electrons. The predicted octanol–water partition coefficient (Wildman–Crippen LogP) is -0.208. The lowest BCUT2D eigenvalue weighted by molar-refractivity contribution is -0.122. The Balaban J connectivity index is 2.22. The van der Waals surface area contributed by atoms with Crippen LogP contribution in [0.2, 0.25) is 0 Å². The summed E-state index contributed by atoms with van der Waals surface area (Å²) in [6.45, 7) is 1.23. The Morgan fingerprint density at radius 3 is 2.71 bits per heavy atom. The number of hydrogen-bond donors (Lipinski definition) is 2. The third-order valence-corrected chi connectivity index (χ3v) is 2.70. The first-order valence-electron chi connectivity index (χ1n) is 5.26. The van der Waals surface area contributed by atoms with Crippen LogP contribution in [0.5, 0.6) is 0 Å². The summed E-state index contributed by atoms with van der Waals surface area (Å²) >= 11 is 0. The molecule has 0 heterocycles. The van der Waals surface area contributed by atoms with Crippen molar-refractivity contribution < 1.29 is 4.79 Å². The number of hydrogen-bond acceptors (Lipinski definition) is 3. The molecule has 0 aromatic heterocycles. The van der Waals surface area contributed by atoms with Crippen molar-refractivity contribution in [1.29, 1.82) is 0 Å². The van der Waals surface area contributed by atoms with E-state index >= 15 is 0 Å². The Morgan fingerprint density at radius 2 is 2.21 bits per heavy atom. The highest BCUT2D eigenvalue weighted by atomic mass is 16.2.